The van der Waals surface area contributed by atoms with E-state index in [0.717, 1.165) is 0 Å². The molecular formula is C8H12F6. The van der Waals surface area contributed by atoms with Crippen LogP contribution in [0.15, 0.2) is 0 Å². The fraction of sp³-hybridized carbons (Fsp3) is 1.00. The van der Waals surface area contributed by atoms with Crippen LogP contribution in [0, 0.1) is 5.92 Å². The zero-order chi connectivity index (χ0) is 11.4. The van der Waals surface area contributed by atoms with Crippen LogP contribution in [0.5, 0.6) is 0 Å². The molecule has 0 nitrogen and oxygen atoms in total. The van der Waals surface area contributed by atoms with Crippen molar-refractivity contribution in [2.24, 2.45) is 5.92 Å². The van der Waals surface area contributed by atoms with Gasteiger partial charge in [-0.2, -0.15) is 26.3 Å². The molecule has 0 rings (SSSR count). The van der Waals surface area contributed by atoms with Crippen LogP contribution in [0.25, 0.3) is 0 Å². The van der Waals surface area contributed by atoms with Crippen molar-refractivity contribution in [1.82, 2.24) is 0 Å². The highest BCUT2D eigenvalue weighted by Crippen LogP contribution is 2.42. The third-order valence-electron chi connectivity index (χ3n) is 1.89. The summed E-state index contributed by atoms with van der Waals surface area (Å²) in [6.45, 7) is 1.72. The van der Waals surface area contributed by atoms with Crippen LogP contribution in [0.4, 0.5) is 26.3 Å². The van der Waals surface area contributed by atoms with Crippen LogP contribution >= 0.6 is 0 Å². The Bertz CT molecular complexity index is 142. The van der Waals surface area contributed by atoms with Crippen LogP contribution in [0.1, 0.15) is 32.6 Å². The summed E-state index contributed by atoms with van der Waals surface area (Å²) < 4.78 is 71.5. The standard InChI is InChI=1S/C8H12F6/c1-2-3-4-5-6(7(9,10)11)8(12,13)14/h6H,2-5H2,1H3. The number of alkyl halides is 6. The van der Waals surface area contributed by atoms with Crippen molar-refractivity contribution in [1.29, 1.82) is 0 Å². The van der Waals surface area contributed by atoms with Crippen LogP contribution in [0.3, 0.4) is 0 Å². The molecule has 0 aliphatic carbocycles. The van der Waals surface area contributed by atoms with E-state index in [-0.39, 0.29) is 6.42 Å². The molecule has 0 saturated carbocycles. The Hall–Kier alpha value is -0.420. The average molecular weight is 222 g/mol. The monoisotopic (exact) mass is 222 g/mol. The Morgan fingerprint density at radius 2 is 1.29 bits per heavy atom. The maximum Gasteiger partial charge on any atom is 0.400 e. The van der Waals surface area contributed by atoms with Crippen LogP contribution < -0.4 is 0 Å². The van der Waals surface area contributed by atoms with Gasteiger partial charge in [0.2, 0.25) is 0 Å². The molecule has 0 aromatic rings. The number of hydrogen-bond acceptors (Lipinski definition) is 0. The smallest absolute Gasteiger partial charge is 0.170 e. The van der Waals surface area contributed by atoms with Crippen molar-refractivity contribution < 1.29 is 26.3 Å². The molecule has 0 saturated heterocycles. The molecule has 0 radical (unpaired) electrons. The molecule has 0 bridgehead atoms. The zero-order valence-electron chi connectivity index (χ0n) is 7.67. The van der Waals surface area contributed by atoms with Gasteiger partial charge in [0.25, 0.3) is 0 Å². The summed E-state index contributed by atoms with van der Waals surface area (Å²) in [5, 5.41) is 0. The predicted molar refractivity (Wildman–Crippen MR) is 39.7 cm³/mol. The second kappa shape index (κ2) is 4.89. The lowest BCUT2D eigenvalue weighted by atomic mass is 10.0. The van der Waals surface area contributed by atoms with Crippen molar-refractivity contribution in [3.8, 4) is 0 Å². The van der Waals surface area contributed by atoms with E-state index < -0.39 is 24.7 Å². The van der Waals surface area contributed by atoms with Crippen molar-refractivity contribution in [2.75, 3.05) is 0 Å². The van der Waals surface area contributed by atoms with E-state index in [1.165, 1.54) is 0 Å². The third-order valence-corrected chi connectivity index (χ3v) is 1.89. The van der Waals surface area contributed by atoms with Crippen molar-refractivity contribution in [3.05, 3.63) is 0 Å². The molecule has 0 aliphatic rings. The Morgan fingerprint density at radius 1 is 0.857 bits per heavy atom. The fourth-order valence-electron chi connectivity index (χ4n) is 1.11. The molecular weight excluding hydrogens is 210 g/mol. The molecule has 0 N–H and O–H groups in total. The van der Waals surface area contributed by atoms with Gasteiger partial charge in [-0.1, -0.05) is 26.2 Å². The summed E-state index contributed by atoms with van der Waals surface area (Å²) in [5.74, 6) is -3.17. The van der Waals surface area contributed by atoms with Crippen LogP contribution in [-0.4, -0.2) is 12.4 Å². The van der Waals surface area contributed by atoms with E-state index in [1.807, 2.05) is 0 Å². The molecule has 0 aromatic heterocycles. The van der Waals surface area contributed by atoms with Gasteiger partial charge >= 0.3 is 12.4 Å². The Balaban J connectivity index is 4.28. The second-order valence-corrected chi connectivity index (χ2v) is 3.13. The first-order valence-corrected chi connectivity index (χ1v) is 4.33. The number of hydrogen-bond donors (Lipinski definition) is 0. The van der Waals surface area contributed by atoms with Crippen LogP contribution in [0.2, 0.25) is 0 Å². The Kier molecular flexibility index (Phi) is 4.74. The molecule has 6 heteroatoms. The first kappa shape index (κ1) is 13.6. The van der Waals surface area contributed by atoms with E-state index >= 15 is 0 Å². The molecule has 0 fully saturated rings. The minimum absolute atomic E-state index is 0.0415. The summed E-state index contributed by atoms with van der Waals surface area (Å²) in [6.07, 6.45) is -10.3. The lowest BCUT2D eigenvalue weighted by molar-refractivity contribution is -0.285. The third kappa shape index (κ3) is 4.72. The van der Waals surface area contributed by atoms with Crippen molar-refractivity contribution >= 4 is 0 Å². The van der Waals surface area contributed by atoms with Crippen molar-refractivity contribution in [2.45, 2.75) is 45.0 Å². The largest absolute Gasteiger partial charge is 0.400 e. The van der Waals surface area contributed by atoms with Gasteiger partial charge in [0.05, 0.1) is 0 Å². The molecule has 0 aromatic carbocycles. The molecule has 14 heavy (non-hydrogen) atoms. The molecule has 86 valence electrons. The quantitative estimate of drug-likeness (QED) is 0.491. The lowest BCUT2D eigenvalue weighted by Gasteiger charge is -2.22. The highest BCUT2D eigenvalue weighted by molar-refractivity contribution is 4.75. The van der Waals surface area contributed by atoms with Gasteiger partial charge in [-0.05, 0) is 6.42 Å². The molecule has 0 atom stereocenters. The maximum absolute atomic E-state index is 11.9. The van der Waals surface area contributed by atoms with Gasteiger partial charge in [0.15, 0.2) is 5.92 Å². The first-order chi connectivity index (χ1) is 6.19. The summed E-state index contributed by atoms with van der Waals surface area (Å²) >= 11 is 0. The molecule has 0 heterocycles. The number of unbranched alkanes of at least 4 members (excludes halogenated alkanes) is 2. The minimum Gasteiger partial charge on any atom is -0.170 e. The minimum atomic E-state index is -5.17. The van der Waals surface area contributed by atoms with E-state index in [9.17, 15) is 26.3 Å². The molecule has 0 amide bonds. The number of rotatable bonds is 4. The highest BCUT2D eigenvalue weighted by Gasteiger charge is 2.55. The fourth-order valence-corrected chi connectivity index (χ4v) is 1.11. The van der Waals surface area contributed by atoms with E-state index in [0.29, 0.717) is 12.8 Å². The molecule has 0 spiro atoms. The predicted octanol–water partition coefficient (Wildman–Crippen LogP) is 4.31. The zero-order valence-corrected chi connectivity index (χ0v) is 7.67. The van der Waals surface area contributed by atoms with Gasteiger partial charge < -0.3 is 0 Å². The van der Waals surface area contributed by atoms with Crippen LogP contribution in [-0.2, 0) is 0 Å². The van der Waals surface area contributed by atoms with E-state index in [2.05, 4.69) is 0 Å². The Morgan fingerprint density at radius 3 is 1.57 bits per heavy atom. The summed E-state index contributed by atoms with van der Waals surface area (Å²) in [6, 6.07) is 0. The normalized spacial score (nSPS) is 13.7. The van der Waals surface area contributed by atoms with Gasteiger partial charge in [-0.15, -0.1) is 0 Å². The average Bonchev–Trinajstić information content (AvgIpc) is 1.92. The van der Waals surface area contributed by atoms with E-state index in [1.54, 1.807) is 6.92 Å². The van der Waals surface area contributed by atoms with Gasteiger partial charge in [0, 0.05) is 0 Å². The number of halogens is 6. The summed E-state index contributed by atoms with van der Waals surface area (Å²) in [4.78, 5) is 0. The SMILES string of the molecule is CCCCCC(C(F)(F)F)C(F)(F)F. The van der Waals surface area contributed by atoms with Crippen molar-refractivity contribution in [3.63, 3.8) is 0 Å². The van der Waals surface area contributed by atoms with Gasteiger partial charge in [-0.25, -0.2) is 0 Å². The highest BCUT2D eigenvalue weighted by atomic mass is 19.4. The molecule has 0 unspecified atom stereocenters. The Labute approximate surface area is 78.3 Å². The second-order valence-electron chi connectivity index (χ2n) is 3.13. The lowest BCUT2D eigenvalue weighted by Crippen LogP contribution is -2.36. The maximum atomic E-state index is 11.9. The first-order valence-electron chi connectivity index (χ1n) is 4.33. The summed E-state index contributed by atoms with van der Waals surface area (Å²) in [5.41, 5.74) is 0. The molecule has 0 aliphatic heterocycles. The summed E-state index contributed by atoms with van der Waals surface area (Å²) in [7, 11) is 0. The topological polar surface area (TPSA) is 0 Å². The van der Waals surface area contributed by atoms with Gasteiger partial charge in [-0.3, -0.25) is 0 Å². The van der Waals surface area contributed by atoms with Gasteiger partial charge in [0.1, 0.15) is 0 Å². The van der Waals surface area contributed by atoms with E-state index in [4.69, 9.17) is 0 Å².